The SMILES string of the molecule is COc1ccc(CNc2nc(NCC(C)O)n(C(C)C)c3c(C(C)C)nnc2-3)c(O)c1O. The fourth-order valence-corrected chi connectivity index (χ4v) is 3.50. The summed E-state index contributed by atoms with van der Waals surface area (Å²) in [5.41, 5.74) is 2.80. The van der Waals surface area contributed by atoms with Gasteiger partial charge in [-0.3, -0.25) is 0 Å². The van der Waals surface area contributed by atoms with Crippen LogP contribution in [0.1, 0.15) is 57.8 Å². The smallest absolute Gasteiger partial charge is 0.205 e. The van der Waals surface area contributed by atoms with Crippen LogP contribution in [-0.2, 0) is 6.54 Å². The fraction of sp³-hybridized carbons (Fsp3) is 0.500. The number of hydrogen-bond acceptors (Lipinski definition) is 9. The molecule has 1 unspecified atom stereocenters. The van der Waals surface area contributed by atoms with Crippen LogP contribution in [0.4, 0.5) is 11.8 Å². The van der Waals surface area contributed by atoms with E-state index in [1.807, 2.05) is 4.57 Å². The Labute approximate surface area is 187 Å². The summed E-state index contributed by atoms with van der Waals surface area (Å²) < 4.78 is 7.07. The van der Waals surface area contributed by atoms with Crippen molar-refractivity contribution < 1.29 is 20.1 Å². The molecule has 0 fully saturated rings. The number of ether oxygens (including phenoxy) is 1. The molecule has 2 heterocycles. The fourth-order valence-electron chi connectivity index (χ4n) is 3.50. The van der Waals surface area contributed by atoms with Gasteiger partial charge in [0, 0.05) is 24.7 Å². The van der Waals surface area contributed by atoms with Crippen molar-refractivity contribution in [2.75, 3.05) is 24.3 Å². The van der Waals surface area contributed by atoms with Crippen molar-refractivity contribution in [2.45, 2.75) is 59.2 Å². The number of phenols is 2. The highest BCUT2D eigenvalue weighted by molar-refractivity contribution is 5.75. The molecule has 10 nitrogen and oxygen atoms in total. The second-order valence-corrected chi connectivity index (χ2v) is 8.39. The first-order valence-corrected chi connectivity index (χ1v) is 10.7. The molecule has 0 spiro atoms. The summed E-state index contributed by atoms with van der Waals surface area (Å²) in [6, 6.07) is 3.32. The molecule has 5 N–H and O–H groups in total. The zero-order valence-corrected chi connectivity index (χ0v) is 19.3. The van der Waals surface area contributed by atoms with E-state index in [0.29, 0.717) is 29.6 Å². The molecule has 0 aromatic heterocycles. The Hall–Kier alpha value is -3.27. The number of anilines is 2. The van der Waals surface area contributed by atoms with Gasteiger partial charge >= 0.3 is 0 Å². The van der Waals surface area contributed by atoms with Crippen LogP contribution in [0.2, 0.25) is 0 Å². The van der Waals surface area contributed by atoms with E-state index in [-0.39, 0.29) is 35.8 Å². The minimum atomic E-state index is -0.552. The molecular formula is C22H32N6O4. The minimum absolute atomic E-state index is 0.0710. The molecule has 1 aromatic carbocycles. The zero-order valence-electron chi connectivity index (χ0n) is 19.3. The molecular weight excluding hydrogens is 412 g/mol. The van der Waals surface area contributed by atoms with Gasteiger partial charge < -0.3 is 35.3 Å². The highest BCUT2D eigenvalue weighted by atomic mass is 16.5. The van der Waals surface area contributed by atoms with Gasteiger partial charge in [-0.2, -0.15) is 10.1 Å². The van der Waals surface area contributed by atoms with E-state index in [1.54, 1.807) is 19.1 Å². The number of nitrogens with zero attached hydrogens (tertiary/aromatic N) is 4. The third kappa shape index (κ3) is 4.50. The van der Waals surface area contributed by atoms with E-state index in [0.717, 1.165) is 11.4 Å². The van der Waals surface area contributed by atoms with Gasteiger partial charge in [-0.1, -0.05) is 13.8 Å². The van der Waals surface area contributed by atoms with Crippen molar-refractivity contribution in [3.63, 3.8) is 0 Å². The first-order chi connectivity index (χ1) is 15.1. The van der Waals surface area contributed by atoms with Gasteiger partial charge in [0.1, 0.15) is 0 Å². The van der Waals surface area contributed by atoms with E-state index >= 15 is 0 Å². The molecule has 0 saturated heterocycles. The topological polar surface area (TPSA) is 138 Å². The van der Waals surface area contributed by atoms with Crippen LogP contribution in [0.3, 0.4) is 0 Å². The molecule has 3 rings (SSSR count). The van der Waals surface area contributed by atoms with Gasteiger partial charge in [0.15, 0.2) is 23.0 Å². The summed E-state index contributed by atoms with van der Waals surface area (Å²) >= 11 is 0. The number of fused-ring (bicyclic) bond motifs is 1. The number of nitrogens with one attached hydrogen (secondary N) is 2. The quantitative estimate of drug-likeness (QED) is 0.315. The van der Waals surface area contributed by atoms with Crippen LogP contribution >= 0.6 is 0 Å². The predicted octanol–water partition coefficient (Wildman–Crippen LogP) is 3.31. The minimum Gasteiger partial charge on any atom is -0.504 e. The number of aliphatic hydroxyl groups is 1. The molecule has 1 atom stereocenters. The maximum Gasteiger partial charge on any atom is 0.205 e. The van der Waals surface area contributed by atoms with E-state index in [1.165, 1.54) is 7.11 Å². The second kappa shape index (κ2) is 9.47. The Balaban J connectivity index is 2.06. The lowest BCUT2D eigenvalue weighted by Crippen LogP contribution is -2.23. The number of benzene rings is 1. The Bertz CT molecular complexity index is 1050. The van der Waals surface area contributed by atoms with Gasteiger partial charge in [-0.15, -0.1) is 5.10 Å². The Kier molecular flexibility index (Phi) is 6.93. The summed E-state index contributed by atoms with van der Waals surface area (Å²) in [7, 11) is 1.42. The number of rotatable bonds is 9. The molecule has 1 aromatic rings. The molecule has 0 radical (unpaired) electrons. The van der Waals surface area contributed by atoms with Crippen LogP contribution in [0.25, 0.3) is 11.4 Å². The molecule has 10 heteroatoms. The van der Waals surface area contributed by atoms with Crippen LogP contribution in [0.15, 0.2) is 12.1 Å². The van der Waals surface area contributed by atoms with Gasteiger partial charge in [0.05, 0.1) is 24.6 Å². The van der Waals surface area contributed by atoms with E-state index < -0.39 is 6.10 Å². The normalized spacial score (nSPS) is 12.5. The summed E-state index contributed by atoms with van der Waals surface area (Å²) in [6.07, 6.45) is -0.552. The number of aromatic nitrogens is 4. The average molecular weight is 445 g/mol. The highest BCUT2D eigenvalue weighted by Gasteiger charge is 2.28. The first kappa shape index (κ1) is 23.4. The van der Waals surface area contributed by atoms with E-state index in [9.17, 15) is 15.3 Å². The summed E-state index contributed by atoms with van der Waals surface area (Å²) in [4.78, 5) is 4.73. The maximum absolute atomic E-state index is 10.3. The van der Waals surface area contributed by atoms with Crippen LogP contribution < -0.4 is 15.4 Å². The number of aliphatic hydroxyl groups excluding tert-OH is 1. The van der Waals surface area contributed by atoms with Gasteiger partial charge in [0.25, 0.3) is 0 Å². The first-order valence-electron chi connectivity index (χ1n) is 10.7. The maximum atomic E-state index is 10.3. The number of hydrogen-bond donors (Lipinski definition) is 5. The molecule has 174 valence electrons. The van der Waals surface area contributed by atoms with Crippen molar-refractivity contribution in [3.05, 3.63) is 23.4 Å². The van der Waals surface area contributed by atoms with Gasteiger partial charge in [-0.25, -0.2) is 0 Å². The summed E-state index contributed by atoms with van der Waals surface area (Å²) in [5.74, 6) is 0.828. The predicted molar refractivity (Wildman–Crippen MR) is 123 cm³/mol. The highest BCUT2D eigenvalue weighted by Crippen LogP contribution is 2.40. The monoisotopic (exact) mass is 444 g/mol. The number of methoxy groups -OCH3 is 1. The molecule has 0 bridgehead atoms. The lowest BCUT2D eigenvalue weighted by Gasteiger charge is -2.24. The Morgan fingerprint density at radius 2 is 1.75 bits per heavy atom. The standard InChI is InChI=1S/C22H32N6O4/c1-11(2)16-18-17(27-26-16)21(25-22(24-9-13(5)29)28(18)12(3)4)23-10-14-7-8-15(32-6)20(31)19(14)30/h7-8,11-13,23,29-31H,9-10H2,1-6H3,(H,24,25). The third-order valence-corrected chi connectivity index (χ3v) is 5.12. The second-order valence-electron chi connectivity index (χ2n) is 8.39. The Morgan fingerprint density at radius 1 is 1.03 bits per heavy atom. The third-order valence-electron chi connectivity index (χ3n) is 5.12. The average Bonchev–Trinajstić information content (AvgIpc) is 3.18. The Morgan fingerprint density at radius 3 is 2.34 bits per heavy atom. The van der Waals surface area contributed by atoms with E-state index in [2.05, 4.69) is 48.5 Å². The molecule has 2 aliphatic rings. The van der Waals surface area contributed by atoms with Crippen molar-refractivity contribution in [2.24, 2.45) is 0 Å². The van der Waals surface area contributed by atoms with Crippen molar-refractivity contribution in [3.8, 4) is 28.6 Å². The van der Waals surface area contributed by atoms with Crippen LogP contribution in [-0.4, -0.2) is 54.8 Å². The molecule has 0 amide bonds. The molecule has 0 aliphatic carbocycles. The summed E-state index contributed by atoms with van der Waals surface area (Å²) in [6.45, 7) is 10.4. The van der Waals surface area contributed by atoms with Crippen molar-refractivity contribution >= 4 is 11.8 Å². The molecule has 2 aliphatic heterocycles. The summed E-state index contributed by atoms with van der Waals surface area (Å²) in [5, 5.41) is 45.4. The lowest BCUT2D eigenvalue weighted by atomic mass is 10.1. The lowest BCUT2D eigenvalue weighted by molar-refractivity contribution is 0.208. The zero-order chi connectivity index (χ0) is 23.6. The van der Waals surface area contributed by atoms with Crippen LogP contribution in [0, 0.1) is 0 Å². The van der Waals surface area contributed by atoms with Crippen molar-refractivity contribution in [1.29, 1.82) is 0 Å². The number of aromatic hydroxyl groups is 2. The molecule has 32 heavy (non-hydrogen) atoms. The van der Waals surface area contributed by atoms with Crippen molar-refractivity contribution in [1.82, 2.24) is 19.7 Å². The molecule has 0 saturated carbocycles. The van der Waals surface area contributed by atoms with Gasteiger partial charge in [-0.05, 0) is 38.8 Å². The van der Waals surface area contributed by atoms with Gasteiger partial charge in [0.2, 0.25) is 11.7 Å². The van der Waals surface area contributed by atoms with E-state index in [4.69, 9.17) is 9.72 Å². The van der Waals surface area contributed by atoms with Crippen LogP contribution in [0.5, 0.6) is 17.2 Å². The number of phenolic OH excluding ortho intramolecular Hbond substituents is 2. The largest absolute Gasteiger partial charge is 0.504 e.